The van der Waals surface area contributed by atoms with E-state index in [4.69, 9.17) is 10.4 Å². The van der Waals surface area contributed by atoms with Crippen molar-refractivity contribution < 1.29 is 14.7 Å². The van der Waals surface area contributed by atoms with Crippen molar-refractivity contribution in [1.82, 2.24) is 10.2 Å². The molecule has 1 heterocycles. The summed E-state index contributed by atoms with van der Waals surface area (Å²) in [5.41, 5.74) is 0. The Bertz CT molecular complexity index is 338. The number of nitriles is 1. The Kier molecular flexibility index (Phi) is 6.15. The quantitative estimate of drug-likeness (QED) is 0.660. The molecule has 0 aromatic rings. The van der Waals surface area contributed by atoms with E-state index in [1.165, 1.54) is 0 Å². The van der Waals surface area contributed by atoms with Crippen molar-refractivity contribution in [1.29, 1.82) is 5.26 Å². The van der Waals surface area contributed by atoms with E-state index in [2.05, 4.69) is 5.32 Å². The summed E-state index contributed by atoms with van der Waals surface area (Å²) in [5.74, 6) is -0.548. The third-order valence-electron chi connectivity index (χ3n) is 3.10. The van der Waals surface area contributed by atoms with E-state index in [1.807, 2.05) is 11.0 Å². The number of nitrogens with one attached hydrogen (secondary N) is 1. The van der Waals surface area contributed by atoms with Crippen LogP contribution in [-0.2, 0) is 9.59 Å². The molecule has 0 saturated carbocycles. The smallest absolute Gasteiger partial charge is 0.303 e. The van der Waals surface area contributed by atoms with Gasteiger partial charge < -0.3 is 10.4 Å². The molecule has 1 atom stereocenters. The summed E-state index contributed by atoms with van der Waals surface area (Å²) in [7, 11) is 0. The van der Waals surface area contributed by atoms with Gasteiger partial charge in [0.25, 0.3) is 0 Å². The van der Waals surface area contributed by atoms with Gasteiger partial charge in [0.2, 0.25) is 5.91 Å². The summed E-state index contributed by atoms with van der Waals surface area (Å²) in [6, 6.07) is 1.86. The van der Waals surface area contributed by atoms with E-state index < -0.39 is 5.97 Å². The molecule has 0 radical (unpaired) electrons. The second kappa shape index (κ2) is 7.67. The molecular formula is C12H19N3O3. The SMILES string of the molecule is N#CCNC(=O)CN1CCCC(CCC(=O)O)C1. The zero-order valence-corrected chi connectivity index (χ0v) is 10.4. The van der Waals surface area contributed by atoms with Crippen LogP contribution >= 0.6 is 0 Å². The lowest BCUT2D eigenvalue weighted by atomic mass is 9.93. The first-order chi connectivity index (χ1) is 8.61. The predicted molar refractivity (Wildman–Crippen MR) is 64.7 cm³/mol. The highest BCUT2D eigenvalue weighted by Gasteiger charge is 2.21. The van der Waals surface area contributed by atoms with Crippen molar-refractivity contribution in [2.45, 2.75) is 25.7 Å². The van der Waals surface area contributed by atoms with Gasteiger partial charge in [0, 0.05) is 13.0 Å². The Balaban J connectivity index is 2.28. The maximum atomic E-state index is 11.4. The molecule has 1 saturated heterocycles. The molecule has 2 N–H and O–H groups in total. The fraction of sp³-hybridized carbons (Fsp3) is 0.750. The van der Waals surface area contributed by atoms with Crippen molar-refractivity contribution in [3.05, 3.63) is 0 Å². The summed E-state index contributed by atoms with van der Waals surface area (Å²) in [4.78, 5) is 24.0. The molecule has 1 fully saturated rings. The number of aliphatic carboxylic acids is 1. The second-order valence-electron chi connectivity index (χ2n) is 4.61. The van der Waals surface area contributed by atoms with Crippen LogP contribution in [0.5, 0.6) is 0 Å². The number of rotatable bonds is 6. The molecule has 1 aliphatic heterocycles. The predicted octanol–water partition coefficient (Wildman–Crippen LogP) is 0.203. The molecule has 0 aromatic carbocycles. The topological polar surface area (TPSA) is 93.4 Å². The maximum Gasteiger partial charge on any atom is 0.303 e. The zero-order chi connectivity index (χ0) is 13.4. The number of carbonyl (C=O) groups is 2. The van der Waals surface area contributed by atoms with Crippen LogP contribution in [0.4, 0.5) is 0 Å². The molecule has 1 amide bonds. The highest BCUT2D eigenvalue weighted by molar-refractivity contribution is 5.78. The van der Waals surface area contributed by atoms with E-state index in [9.17, 15) is 9.59 Å². The monoisotopic (exact) mass is 253 g/mol. The molecule has 0 spiro atoms. The minimum atomic E-state index is -0.765. The minimum absolute atomic E-state index is 0.0368. The highest BCUT2D eigenvalue weighted by atomic mass is 16.4. The zero-order valence-electron chi connectivity index (χ0n) is 10.4. The van der Waals surface area contributed by atoms with Crippen molar-refractivity contribution in [3.63, 3.8) is 0 Å². The number of carboxylic acids is 1. The van der Waals surface area contributed by atoms with Gasteiger partial charge in [-0.25, -0.2) is 0 Å². The van der Waals surface area contributed by atoms with Gasteiger partial charge in [-0.1, -0.05) is 0 Å². The van der Waals surface area contributed by atoms with Crippen molar-refractivity contribution in [2.75, 3.05) is 26.2 Å². The summed E-state index contributed by atoms with van der Waals surface area (Å²) in [6.45, 7) is 1.97. The minimum Gasteiger partial charge on any atom is -0.481 e. The van der Waals surface area contributed by atoms with Gasteiger partial charge in [0.05, 0.1) is 12.6 Å². The lowest BCUT2D eigenvalue weighted by Gasteiger charge is -2.31. The van der Waals surface area contributed by atoms with Gasteiger partial charge in [-0.2, -0.15) is 5.26 Å². The summed E-state index contributed by atoms with van der Waals surface area (Å²) >= 11 is 0. The standard InChI is InChI=1S/C12H19N3O3/c13-5-6-14-11(16)9-15-7-1-2-10(8-15)3-4-12(17)18/h10H,1-4,6-9H2,(H,14,16)(H,17,18). The maximum absolute atomic E-state index is 11.4. The Hall–Kier alpha value is -1.61. The Morgan fingerprint density at radius 2 is 2.28 bits per heavy atom. The lowest BCUT2D eigenvalue weighted by Crippen LogP contribution is -2.42. The summed E-state index contributed by atoms with van der Waals surface area (Å²) in [5, 5.41) is 19.5. The molecular weight excluding hydrogens is 234 g/mol. The molecule has 6 heteroatoms. The third-order valence-corrected chi connectivity index (χ3v) is 3.10. The van der Waals surface area contributed by atoms with Crippen LogP contribution in [0.25, 0.3) is 0 Å². The molecule has 0 aromatic heterocycles. The molecule has 1 aliphatic rings. The number of piperidine rings is 1. The first-order valence-electron chi connectivity index (χ1n) is 6.19. The van der Waals surface area contributed by atoms with Gasteiger partial charge in [-0.15, -0.1) is 0 Å². The molecule has 0 bridgehead atoms. The molecule has 1 rings (SSSR count). The number of carboxylic acid groups (broad SMARTS) is 1. The van der Waals surface area contributed by atoms with E-state index >= 15 is 0 Å². The van der Waals surface area contributed by atoms with Crippen LogP contribution in [-0.4, -0.2) is 48.1 Å². The van der Waals surface area contributed by atoms with E-state index in [0.29, 0.717) is 18.9 Å². The van der Waals surface area contributed by atoms with E-state index in [-0.39, 0.29) is 18.9 Å². The summed E-state index contributed by atoms with van der Waals surface area (Å²) < 4.78 is 0. The van der Waals surface area contributed by atoms with Crippen LogP contribution in [0.15, 0.2) is 0 Å². The lowest BCUT2D eigenvalue weighted by molar-refractivity contribution is -0.137. The molecule has 0 aliphatic carbocycles. The van der Waals surface area contributed by atoms with Crippen molar-refractivity contribution in [2.24, 2.45) is 5.92 Å². The third kappa shape index (κ3) is 5.64. The highest BCUT2D eigenvalue weighted by Crippen LogP contribution is 2.20. The Morgan fingerprint density at radius 3 is 2.94 bits per heavy atom. The Morgan fingerprint density at radius 1 is 1.50 bits per heavy atom. The fourth-order valence-corrected chi connectivity index (χ4v) is 2.26. The molecule has 100 valence electrons. The van der Waals surface area contributed by atoms with E-state index in [0.717, 1.165) is 25.9 Å². The number of hydrogen-bond donors (Lipinski definition) is 2. The van der Waals surface area contributed by atoms with Crippen LogP contribution in [0.2, 0.25) is 0 Å². The van der Waals surface area contributed by atoms with Crippen LogP contribution in [0, 0.1) is 17.2 Å². The number of nitrogens with zero attached hydrogens (tertiary/aromatic N) is 2. The van der Waals surface area contributed by atoms with Crippen LogP contribution in [0.1, 0.15) is 25.7 Å². The van der Waals surface area contributed by atoms with E-state index in [1.54, 1.807) is 0 Å². The number of carbonyl (C=O) groups excluding carboxylic acids is 1. The molecule has 6 nitrogen and oxygen atoms in total. The van der Waals surface area contributed by atoms with Gasteiger partial charge in [-0.3, -0.25) is 14.5 Å². The first kappa shape index (κ1) is 14.5. The number of likely N-dealkylation sites (tertiary alicyclic amines) is 1. The van der Waals surface area contributed by atoms with Gasteiger partial charge in [0.15, 0.2) is 0 Å². The van der Waals surface area contributed by atoms with Gasteiger partial charge >= 0.3 is 5.97 Å². The normalized spacial score (nSPS) is 20.1. The Labute approximate surface area is 107 Å². The fourth-order valence-electron chi connectivity index (χ4n) is 2.26. The second-order valence-corrected chi connectivity index (χ2v) is 4.61. The summed E-state index contributed by atoms with van der Waals surface area (Å²) in [6.07, 6.45) is 2.89. The van der Waals surface area contributed by atoms with Crippen molar-refractivity contribution in [3.8, 4) is 6.07 Å². The average molecular weight is 253 g/mol. The van der Waals surface area contributed by atoms with Crippen LogP contribution < -0.4 is 5.32 Å². The largest absolute Gasteiger partial charge is 0.481 e. The van der Waals surface area contributed by atoms with Gasteiger partial charge in [0.1, 0.15) is 6.54 Å². The van der Waals surface area contributed by atoms with Crippen molar-refractivity contribution >= 4 is 11.9 Å². The molecule has 1 unspecified atom stereocenters. The molecule has 18 heavy (non-hydrogen) atoms. The first-order valence-corrected chi connectivity index (χ1v) is 6.19. The number of amides is 1. The number of hydrogen-bond acceptors (Lipinski definition) is 4. The van der Waals surface area contributed by atoms with Crippen LogP contribution in [0.3, 0.4) is 0 Å². The van der Waals surface area contributed by atoms with Gasteiger partial charge in [-0.05, 0) is 31.7 Å². The average Bonchev–Trinajstić information content (AvgIpc) is 2.34.